The molecule has 1 saturated heterocycles. The van der Waals surface area contributed by atoms with E-state index in [1.165, 1.54) is 0 Å². The van der Waals surface area contributed by atoms with Gasteiger partial charge in [-0.2, -0.15) is 0 Å². The molecule has 0 unspecified atom stereocenters. The Morgan fingerprint density at radius 2 is 1.82 bits per heavy atom. The van der Waals surface area contributed by atoms with E-state index in [-0.39, 0.29) is 5.41 Å². The number of Topliss-reactive ketones (excluding diaryl/α,β-unsaturated/α-hetero) is 1. The number of ether oxygens (including phenoxy) is 2. The van der Waals surface area contributed by atoms with Crippen molar-refractivity contribution in [3.63, 3.8) is 0 Å². The molecule has 3 fully saturated rings. The van der Waals surface area contributed by atoms with E-state index in [1.807, 2.05) is 0 Å². The van der Waals surface area contributed by atoms with Crippen LogP contribution in [0.25, 0.3) is 0 Å². The molecule has 0 amide bonds. The zero-order valence-electron chi connectivity index (χ0n) is 10.7. The second kappa shape index (κ2) is 4.06. The molecule has 3 nitrogen and oxygen atoms in total. The van der Waals surface area contributed by atoms with Crippen LogP contribution in [0.4, 0.5) is 0 Å². The second-order valence-electron chi connectivity index (χ2n) is 5.84. The summed E-state index contributed by atoms with van der Waals surface area (Å²) in [6, 6.07) is 0. The smallest absolute Gasteiger partial charge is 0.181 e. The van der Waals surface area contributed by atoms with Crippen molar-refractivity contribution in [2.24, 2.45) is 11.3 Å². The lowest BCUT2D eigenvalue weighted by molar-refractivity contribution is -0.265. The molecule has 3 heteroatoms. The topological polar surface area (TPSA) is 35.5 Å². The van der Waals surface area contributed by atoms with Crippen LogP contribution >= 0.6 is 0 Å². The monoisotopic (exact) mass is 238 g/mol. The number of rotatable bonds is 0. The fourth-order valence-corrected chi connectivity index (χ4v) is 4.32. The lowest BCUT2D eigenvalue weighted by Crippen LogP contribution is -2.60. The van der Waals surface area contributed by atoms with Crippen LogP contribution in [0.1, 0.15) is 51.9 Å². The average molecular weight is 238 g/mol. The van der Waals surface area contributed by atoms with Gasteiger partial charge >= 0.3 is 0 Å². The Bertz CT molecular complexity index is 319. The van der Waals surface area contributed by atoms with Crippen molar-refractivity contribution >= 4 is 5.78 Å². The normalized spacial score (nSPS) is 41.2. The molecule has 3 aliphatic rings. The van der Waals surface area contributed by atoms with Gasteiger partial charge in [0, 0.05) is 12.8 Å². The number of carbonyl (C=O) groups excluding carboxylic acids is 1. The van der Waals surface area contributed by atoms with E-state index < -0.39 is 5.79 Å². The van der Waals surface area contributed by atoms with Gasteiger partial charge in [-0.1, -0.05) is 13.3 Å². The Balaban J connectivity index is 2.03. The van der Waals surface area contributed by atoms with Crippen molar-refractivity contribution < 1.29 is 14.3 Å². The van der Waals surface area contributed by atoms with E-state index in [1.54, 1.807) is 0 Å². The summed E-state index contributed by atoms with van der Waals surface area (Å²) in [6.07, 6.45) is 7.04. The summed E-state index contributed by atoms with van der Waals surface area (Å²) in [5.41, 5.74) is -0.333. The first-order valence-corrected chi connectivity index (χ1v) is 7.02. The highest BCUT2D eigenvalue weighted by Gasteiger charge is 2.63. The fourth-order valence-electron chi connectivity index (χ4n) is 4.32. The quantitative estimate of drug-likeness (QED) is 0.651. The van der Waals surface area contributed by atoms with Gasteiger partial charge in [0.05, 0.1) is 18.6 Å². The van der Waals surface area contributed by atoms with Crippen molar-refractivity contribution in [2.45, 2.75) is 57.7 Å². The molecule has 1 aliphatic heterocycles. The van der Waals surface area contributed by atoms with Gasteiger partial charge in [-0.25, -0.2) is 0 Å². The summed E-state index contributed by atoms with van der Waals surface area (Å²) < 4.78 is 11.9. The van der Waals surface area contributed by atoms with Crippen LogP contribution in [0, 0.1) is 11.3 Å². The standard InChI is InChI=1S/C14H22O3/c1-11-5-4-6-12(15)13(11)7-2-3-8-14(13)16-9-10-17-14/h11H,2-10H2,1H3/t11-,13-/m0/s1. The molecule has 0 aromatic rings. The third kappa shape index (κ3) is 1.45. The lowest BCUT2D eigenvalue weighted by Gasteiger charge is -2.53. The maximum absolute atomic E-state index is 12.6. The van der Waals surface area contributed by atoms with Gasteiger partial charge < -0.3 is 9.47 Å². The molecule has 2 aliphatic carbocycles. The van der Waals surface area contributed by atoms with E-state index in [4.69, 9.17) is 9.47 Å². The molecule has 2 saturated carbocycles. The number of ketones is 1. The van der Waals surface area contributed by atoms with Crippen molar-refractivity contribution in [3.8, 4) is 0 Å². The highest BCUT2D eigenvalue weighted by atomic mass is 16.7. The van der Waals surface area contributed by atoms with Crippen molar-refractivity contribution in [1.29, 1.82) is 0 Å². The Kier molecular flexibility index (Phi) is 2.79. The lowest BCUT2D eigenvalue weighted by atomic mass is 9.56. The number of hydrogen-bond donors (Lipinski definition) is 0. The Labute approximate surface area is 103 Å². The molecular formula is C14H22O3. The molecular weight excluding hydrogens is 216 g/mol. The van der Waals surface area contributed by atoms with Gasteiger partial charge in [-0.15, -0.1) is 0 Å². The molecule has 0 bridgehead atoms. The molecule has 2 spiro atoms. The van der Waals surface area contributed by atoms with E-state index in [0.717, 1.165) is 44.9 Å². The Morgan fingerprint density at radius 3 is 2.53 bits per heavy atom. The first-order valence-electron chi connectivity index (χ1n) is 7.02. The fraction of sp³-hybridized carbons (Fsp3) is 0.929. The summed E-state index contributed by atoms with van der Waals surface area (Å²) in [7, 11) is 0. The average Bonchev–Trinajstić information content (AvgIpc) is 2.78. The number of fused-ring (bicyclic) bond motifs is 1. The highest BCUT2D eigenvalue weighted by molar-refractivity contribution is 5.87. The van der Waals surface area contributed by atoms with E-state index in [2.05, 4.69) is 6.92 Å². The molecule has 2 atom stereocenters. The molecule has 3 rings (SSSR count). The van der Waals surface area contributed by atoms with E-state index >= 15 is 0 Å². The third-order valence-corrected chi connectivity index (χ3v) is 5.14. The van der Waals surface area contributed by atoms with Crippen molar-refractivity contribution in [1.82, 2.24) is 0 Å². The third-order valence-electron chi connectivity index (χ3n) is 5.14. The van der Waals surface area contributed by atoms with E-state index in [9.17, 15) is 4.79 Å². The second-order valence-corrected chi connectivity index (χ2v) is 5.84. The number of carbonyl (C=O) groups is 1. The van der Waals surface area contributed by atoms with Crippen LogP contribution in [-0.2, 0) is 14.3 Å². The van der Waals surface area contributed by atoms with Gasteiger partial charge in [0.1, 0.15) is 5.78 Å². The van der Waals surface area contributed by atoms with Crippen LogP contribution in [-0.4, -0.2) is 24.8 Å². The van der Waals surface area contributed by atoms with Gasteiger partial charge in [0.25, 0.3) is 0 Å². The predicted molar refractivity (Wildman–Crippen MR) is 63.6 cm³/mol. The molecule has 0 aromatic carbocycles. The number of hydrogen-bond acceptors (Lipinski definition) is 3. The Morgan fingerprint density at radius 1 is 1.12 bits per heavy atom. The molecule has 0 aromatic heterocycles. The molecule has 0 N–H and O–H groups in total. The first kappa shape index (κ1) is 11.7. The minimum absolute atomic E-state index is 0.333. The largest absolute Gasteiger partial charge is 0.346 e. The molecule has 96 valence electrons. The van der Waals surface area contributed by atoms with Crippen LogP contribution < -0.4 is 0 Å². The van der Waals surface area contributed by atoms with Gasteiger partial charge in [-0.05, 0) is 31.6 Å². The molecule has 0 radical (unpaired) electrons. The van der Waals surface area contributed by atoms with Crippen molar-refractivity contribution in [3.05, 3.63) is 0 Å². The maximum Gasteiger partial charge on any atom is 0.181 e. The maximum atomic E-state index is 12.6. The zero-order valence-corrected chi connectivity index (χ0v) is 10.7. The zero-order chi connectivity index (χ0) is 11.9. The van der Waals surface area contributed by atoms with Gasteiger partial charge in [-0.3, -0.25) is 4.79 Å². The molecule has 17 heavy (non-hydrogen) atoms. The molecule has 1 heterocycles. The minimum Gasteiger partial charge on any atom is -0.346 e. The first-order chi connectivity index (χ1) is 8.21. The summed E-state index contributed by atoms with van der Waals surface area (Å²) >= 11 is 0. The Hall–Kier alpha value is -0.410. The SMILES string of the molecule is C[C@H]1CCCC(=O)[C@]12CCCCC21OCCO1. The predicted octanol–water partition coefficient (Wildman–Crippen LogP) is 2.68. The van der Waals surface area contributed by atoms with Crippen LogP contribution in [0.5, 0.6) is 0 Å². The minimum atomic E-state index is -0.567. The summed E-state index contributed by atoms with van der Waals surface area (Å²) in [5.74, 6) is 0.238. The summed E-state index contributed by atoms with van der Waals surface area (Å²) in [6.45, 7) is 3.53. The van der Waals surface area contributed by atoms with Crippen LogP contribution in [0.2, 0.25) is 0 Å². The van der Waals surface area contributed by atoms with Gasteiger partial charge in [0.2, 0.25) is 0 Å². The van der Waals surface area contributed by atoms with Crippen molar-refractivity contribution in [2.75, 3.05) is 13.2 Å². The highest BCUT2D eigenvalue weighted by Crippen LogP contribution is 2.57. The summed E-state index contributed by atoms with van der Waals surface area (Å²) in [5, 5.41) is 0. The van der Waals surface area contributed by atoms with Crippen LogP contribution in [0.3, 0.4) is 0 Å². The summed E-state index contributed by atoms with van der Waals surface area (Å²) in [4.78, 5) is 12.6. The van der Waals surface area contributed by atoms with Crippen LogP contribution in [0.15, 0.2) is 0 Å². The van der Waals surface area contributed by atoms with Gasteiger partial charge in [0.15, 0.2) is 5.79 Å². The van der Waals surface area contributed by atoms with E-state index in [0.29, 0.717) is 24.9 Å².